The van der Waals surface area contributed by atoms with Crippen LogP contribution in [0.2, 0.25) is 5.15 Å². The number of hydrogen-bond donors (Lipinski definition) is 1. The molecule has 0 radical (unpaired) electrons. The Hall–Kier alpha value is -1.20. The van der Waals surface area contributed by atoms with Crippen molar-refractivity contribution in [3.63, 3.8) is 0 Å². The topological polar surface area (TPSA) is 37.8 Å². The summed E-state index contributed by atoms with van der Waals surface area (Å²) < 4.78 is 14.6. The van der Waals surface area contributed by atoms with Crippen LogP contribution in [0.5, 0.6) is 0 Å². The van der Waals surface area contributed by atoms with Crippen molar-refractivity contribution in [3.8, 4) is 0 Å². The Bertz CT molecular complexity index is 634. The van der Waals surface area contributed by atoms with Gasteiger partial charge in [0.15, 0.2) is 0 Å². The Kier molecular flexibility index (Phi) is 4.94. The van der Waals surface area contributed by atoms with Gasteiger partial charge < -0.3 is 5.32 Å². The fourth-order valence-corrected chi connectivity index (χ4v) is 2.26. The summed E-state index contributed by atoms with van der Waals surface area (Å²) in [7, 11) is 0. The SMILES string of the molecule is CCCc1nc(Cl)c(C)c(Nc2cc(Br)ccc2F)n1. The van der Waals surface area contributed by atoms with Crippen molar-refractivity contribution >= 4 is 39.0 Å². The van der Waals surface area contributed by atoms with E-state index in [0.29, 0.717) is 28.0 Å². The molecule has 20 heavy (non-hydrogen) atoms. The molecule has 0 bridgehead atoms. The normalized spacial score (nSPS) is 10.7. The number of aryl methyl sites for hydroxylation is 1. The molecule has 0 amide bonds. The third-order valence-corrected chi connectivity index (χ3v) is 3.65. The maximum absolute atomic E-state index is 13.8. The van der Waals surface area contributed by atoms with Crippen molar-refractivity contribution in [1.29, 1.82) is 0 Å². The van der Waals surface area contributed by atoms with Gasteiger partial charge in [-0.2, -0.15) is 0 Å². The van der Waals surface area contributed by atoms with Crippen LogP contribution in [0.15, 0.2) is 22.7 Å². The lowest BCUT2D eigenvalue weighted by Gasteiger charge is -2.12. The van der Waals surface area contributed by atoms with Crippen molar-refractivity contribution in [2.45, 2.75) is 26.7 Å². The molecular weight excluding hydrogens is 345 g/mol. The predicted molar refractivity (Wildman–Crippen MR) is 83.2 cm³/mol. The molecule has 0 unspecified atom stereocenters. The molecule has 6 heteroatoms. The van der Waals surface area contributed by atoms with Gasteiger partial charge in [-0.25, -0.2) is 14.4 Å². The molecule has 0 spiro atoms. The first-order valence-corrected chi connectivity index (χ1v) is 7.43. The second kappa shape index (κ2) is 6.50. The zero-order valence-corrected chi connectivity index (χ0v) is 13.5. The molecule has 0 aliphatic heterocycles. The van der Waals surface area contributed by atoms with E-state index >= 15 is 0 Å². The van der Waals surface area contributed by atoms with E-state index in [1.165, 1.54) is 6.07 Å². The van der Waals surface area contributed by atoms with Crippen LogP contribution in [0, 0.1) is 12.7 Å². The minimum Gasteiger partial charge on any atom is -0.337 e. The number of rotatable bonds is 4. The average Bonchev–Trinajstić information content (AvgIpc) is 2.40. The molecule has 2 rings (SSSR count). The molecule has 0 aliphatic rings. The molecule has 3 nitrogen and oxygen atoms in total. The maximum atomic E-state index is 13.8. The number of aromatic nitrogens is 2. The summed E-state index contributed by atoms with van der Waals surface area (Å²) >= 11 is 9.41. The van der Waals surface area contributed by atoms with Crippen LogP contribution in [0.4, 0.5) is 15.9 Å². The first kappa shape index (κ1) is 15.2. The Labute approximate surface area is 130 Å². The number of anilines is 2. The highest BCUT2D eigenvalue weighted by atomic mass is 79.9. The monoisotopic (exact) mass is 357 g/mol. The minimum absolute atomic E-state index is 0.347. The Balaban J connectivity index is 2.39. The van der Waals surface area contributed by atoms with E-state index in [0.717, 1.165) is 17.3 Å². The van der Waals surface area contributed by atoms with Crippen molar-refractivity contribution in [3.05, 3.63) is 45.0 Å². The molecule has 1 N–H and O–H groups in total. The number of nitrogens with zero attached hydrogens (tertiary/aromatic N) is 2. The van der Waals surface area contributed by atoms with E-state index in [4.69, 9.17) is 11.6 Å². The van der Waals surface area contributed by atoms with Crippen molar-refractivity contribution in [2.75, 3.05) is 5.32 Å². The lowest BCUT2D eigenvalue weighted by molar-refractivity contribution is 0.631. The van der Waals surface area contributed by atoms with Gasteiger partial charge in [-0.3, -0.25) is 0 Å². The third-order valence-electron chi connectivity index (χ3n) is 2.79. The van der Waals surface area contributed by atoms with Crippen LogP contribution in [0.25, 0.3) is 0 Å². The van der Waals surface area contributed by atoms with Gasteiger partial charge in [0.2, 0.25) is 0 Å². The van der Waals surface area contributed by atoms with Gasteiger partial charge in [-0.05, 0) is 31.5 Å². The molecule has 106 valence electrons. The fraction of sp³-hybridized carbons (Fsp3) is 0.286. The van der Waals surface area contributed by atoms with Crippen LogP contribution in [-0.4, -0.2) is 9.97 Å². The van der Waals surface area contributed by atoms with Gasteiger partial charge in [0.1, 0.15) is 22.6 Å². The number of hydrogen-bond acceptors (Lipinski definition) is 3. The molecule has 1 aromatic carbocycles. The second-order valence-corrected chi connectivity index (χ2v) is 5.68. The molecule has 1 heterocycles. The Morgan fingerprint density at radius 1 is 1.35 bits per heavy atom. The zero-order chi connectivity index (χ0) is 14.7. The highest BCUT2D eigenvalue weighted by Gasteiger charge is 2.11. The van der Waals surface area contributed by atoms with E-state index in [1.54, 1.807) is 19.1 Å². The number of halogens is 3. The maximum Gasteiger partial charge on any atom is 0.146 e. The fourth-order valence-electron chi connectivity index (χ4n) is 1.71. The van der Waals surface area contributed by atoms with Crippen molar-refractivity contribution in [2.24, 2.45) is 0 Å². The Morgan fingerprint density at radius 3 is 2.80 bits per heavy atom. The standard InChI is InChI=1S/C14H14BrClFN3/c1-3-4-12-19-13(16)8(2)14(20-12)18-11-7-9(15)5-6-10(11)17/h5-7H,3-4H2,1-2H3,(H,18,19,20). The highest BCUT2D eigenvalue weighted by molar-refractivity contribution is 9.10. The first-order valence-electron chi connectivity index (χ1n) is 6.26. The first-order chi connectivity index (χ1) is 9.51. The molecule has 0 atom stereocenters. The van der Waals surface area contributed by atoms with E-state index in [9.17, 15) is 4.39 Å². The van der Waals surface area contributed by atoms with E-state index < -0.39 is 0 Å². The van der Waals surface area contributed by atoms with E-state index in [1.807, 2.05) is 6.92 Å². The average molecular weight is 359 g/mol. The van der Waals surface area contributed by atoms with Crippen LogP contribution in [-0.2, 0) is 6.42 Å². The molecule has 1 aromatic heterocycles. The van der Waals surface area contributed by atoms with Gasteiger partial charge in [0, 0.05) is 16.5 Å². The van der Waals surface area contributed by atoms with Gasteiger partial charge in [0.05, 0.1) is 5.69 Å². The lowest BCUT2D eigenvalue weighted by Crippen LogP contribution is -2.04. The molecular formula is C14H14BrClFN3. The smallest absolute Gasteiger partial charge is 0.146 e. The molecule has 0 saturated carbocycles. The number of benzene rings is 1. The van der Waals surface area contributed by atoms with Crippen molar-refractivity contribution in [1.82, 2.24) is 9.97 Å². The summed E-state index contributed by atoms with van der Waals surface area (Å²) in [4.78, 5) is 8.62. The molecule has 0 fully saturated rings. The van der Waals surface area contributed by atoms with Crippen LogP contribution in [0.3, 0.4) is 0 Å². The van der Waals surface area contributed by atoms with E-state index in [2.05, 4.69) is 31.2 Å². The summed E-state index contributed by atoms with van der Waals surface area (Å²) in [5.74, 6) is 0.839. The van der Waals surface area contributed by atoms with Crippen LogP contribution < -0.4 is 5.32 Å². The van der Waals surface area contributed by atoms with Gasteiger partial charge in [0.25, 0.3) is 0 Å². The summed E-state index contributed by atoms with van der Waals surface area (Å²) in [5.41, 5.74) is 1.05. The van der Waals surface area contributed by atoms with Crippen LogP contribution >= 0.6 is 27.5 Å². The highest BCUT2D eigenvalue weighted by Crippen LogP contribution is 2.27. The van der Waals surface area contributed by atoms with Gasteiger partial charge in [-0.15, -0.1) is 0 Å². The Morgan fingerprint density at radius 2 is 2.10 bits per heavy atom. The summed E-state index contributed by atoms with van der Waals surface area (Å²) in [5, 5.41) is 3.37. The third kappa shape index (κ3) is 3.46. The second-order valence-electron chi connectivity index (χ2n) is 4.40. The van der Waals surface area contributed by atoms with Crippen LogP contribution in [0.1, 0.15) is 24.7 Å². The molecule has 0 saturated heterocycles. The summed E-state index contributed by atoms with van der Waals surface area (Å²) in [6.45, 7) is 3.84. The zero-order valence-electron chi connectivity index (χ0n) is 11.2. The molecule has 2 aromatic rings. The van der Waals surface area contributed by atoms with Crippen molar-refractivity contribution < 1.29 is 4.39 Å². The summed E-state index contributed by atoms with van der Waals surface area (Å²) in [6, 6.07) is 4.69. The lowest BCUT2D eigenvalue weighted by atomic mass is 10.2. The summed E-state index contributed by atoms with van der Waals surface area (Å²) in [6.07, 6.45) is 1.65. The van der Waals surface area contributed by atoms with Gasteiger partial charge in [-0.1, -0.05) is 34.5 Å². The predicted octanol–water partition coefficient (Wildman–Crippen LogP) is 5.04. The number of nitrogens with one attached hydrogen (secondary N) is 1. The minimum atomic E-state index is -0.348. The van der Waals surface area contributed by atoms with E-state index in [-0.39, 0.29) is 5.82 Å². The quantitative estimate of drug-likeness (QED) is 0.778. The molecule has 0 aliphatic carbocycles. The van der Waals surface area contributed by atoms with Gasteiger partial charge >= 0.3 is 0 Å². The largest absolute Gasteiger partial charge is 0.337 e.